The summed E-state index contributed by atoms with van der Waals surface area (Å²) in [6.45, 7) is 0.882. The average Bonchev–Trinajstić information content (AvgIpc) is 2.81. The van der Waals surface area contributed by atoms with E-state index in [4.69, 9.17) is 0 Å². The molecule has 2 aromatic carbocycles. The van der Waals surface area contributed by atoms with Crippen LogP contribution in [0.4, 0.5) is 10.1 Å². The van der Waals surface area contributed by atoms with Gasteiger partial charge >= 0.3 is 0 Å². The standard InChI is InChI=1S/C14H12FNO/c15-14-11(4-2-6-13(14)17)9-3-1-5-12-10(9)7-8-16-12/h1-6,16-17H,7-8H2. The lowest BCUT2D eigenvalue weighted by molar-refractivity contribution is 0.433. The number of hydrogen-bond acceptors (Lipinski definition) is 2. The fraction of sp³-hybridized carbons (Fsp3) is 0.143. The van der Waals surface area contributed by atoms with Crippen LogP contribution in [0.1, 0.15) is 5.56 Å². The molecule has 0 saturated carbocycles. The van der Waals surface area contributed by atoms with E-state index in [1.807, 2.05) is 18.2 Å². The number of phenolic OH excluding ortho intramolecular Hbond substituents is 1. The van der Waals surface area contributed by atoms with Gasteiger partial charge in [-0.2, -0.15) is 0 Å². The third-order valence-electron chi connectivity index (χ3n) is 3.13. The molecule has 0 spiro atoms. The van der Waals surface area contributed by atoms with Crippen molar-refractivity contribution < 1.29 is 9.50 Å². The highest BCUT2D eigenvalue weighted by Gasteiger charge is 2.17. The zero-order chi connectivity index (χ0) is 11.8. The second-order valence-electron chi connectivity index (χ2n) is 4.15. The van der Waals surface area contributed by atoms with Crippen LogP contribution in [-0.2, 0) is 6.42 Å². The molecule has 0 saturated heterocycles. The van der Waals surface area contributed by atoms with Crippen LogP contribution in [-0.4, -0.2) is 11.7 Å². The van der Waals surface area contributed by atoms with E-state index >= 15 is 0 Å². The van der Waals surface area contributed by atoms with Crippen molar-refractivity contribution in [3.63, 3.8) is 0 Å². The maximum atomic E-state index is 13.9. The number of rotatable bonds is 1. The van der Waals surface area contributed by atoms with Crippen molar-refractivity contribution in [2.45, 2.75) is 6.42 Å². The smallest absolute Gasteiger partial charge is 0.172 e. The molecule has 0 unspecified atom stereocenters. The number of halogens is 1. The van der Waals surface area contributed by atoms with Gasteiger partial charge in [-0.1, -0.05) is 24.3 Å². The Labute approximate surface area is 98.7 Å². The first-order chi connectivity index (χ1) is 8.27. The van der Waals surface area contributed by atoms with E-state index in [2.05, 4.69) is 5.32 Å². The first kappa shape index (κ1) is 10.1. The lowest BCUT2D eigenvalue weighted by Crippen LogP contribution is -1.90. The number of benzene rings is 2. The van der Waals surface area contributed by atoms with E-state index in [1.165, 1.54) is 6.07 Å². The molecule has 2 aromatic rings. The number of nitrogens with one attached hydrogen (secondary N) is 1. The summed E-state index contributed by atoms with van der Waals surface area (Å²) in [4.78, 5) is 0. The van der Waals surface area contributed by atoms with Crippen molar-refractivity contribution in [1.82, 2.24) is 0 Å². The highest BCUT2D eigenvalue weighted by Crippen LogP contribution is 2.35. The van der Waals surface area contributed by atoms with Crippen molar-refractivity contribution in [2.75, 3.05) is 11.9 Å². The Balaban J connectivity index is 2.23. The maximum Gasteiger partial charge on any atom is 0.172 e. The molecule has 2 N–H and O–H groups in total. The summed E-state index contributed by atoms with van der Waals surface area (Å²) in [6, 6.07) is 10.5. The van der Waals surface area contributed by atoms with Gasteiger partial charge in [-0.3, -0.25) is 0 Å². The molecule has 0 atom stereocenters. The number of fused-ring (bicyclic) bond motifs is 1. The van der Waals surface area contributed by atoms with Gasteiger partial charge < -0.3 is 10.4 Å². The van der Waals surface area contributed by atoms with Crippen LogP contribution < -0.4 is 5.32 Å². The predicted octanol–water partition coefficient (Wildman–Crippen LogP) is 3.17. The van der Waals surface area contributed by atoms with Crippen molar-refractivity contribution in [1.29, 1.82) is 0 Å². The van der Waals surface area contributed by atoms with Gasteiger partial charge in [0.1, 0.15) is 0 Å². The SMILES string of the molecule is Oc1cccc(-c2cccc3c2CCN3)c1F. The molecule has 1 heterocycles. The van der Waals surface area contributed by atoms with E-state index in [0.29, 0.717) is 5.56 Å². The lowest BCUT2D eigenvalue weighted by Gasteiger charge is -2.09. The Bertz CT molecular complexity index is 580. The number of aromatic hydroxyl groups is 1. The second-order valence-corrected chi connectivity index (χ2v) is 4.15. The van der Waals surface area contributed by atoms with E-state index in [9.17, 15) is 9.50 Å². The Kier molecular flexibility index (Phi) is 2.25. The molecule has 0 radical (unpaired) electrons. The number of anilines is 1. The third kappa shape index (κ3) is 1.55. The third-order valence-corrected chi connectivity index (χ3v) is 3.13. The minimum atomic E-state index is -0.548. The minimum absolute atomic E-state index is 0.300. The minimum Gasteiger partial charge on any atom is -0.505 e. The predicted molar refractivity (Wildman–Crippen MR) is 65.7 cm³/mol. The van der Waals surface area contributed by atoms with Gasteiger partial charge in [-0.25, -0.2) is 4.39 Å². The molecule has 0 fully saturated rings. The molecule has 86 valence electrons. The fourth-order valence-corrected chi connectivity index (χ4v) is 2.32. The Morgan fingerprint density at radius 3 is 2.71 bits per heavy atom. The Morgan fingerprint density at radius 2 is 1.82 bits per heavy atom. The van der Waals surface area contributed by atoms with Crippen LogP contribution in [0.25, 0.3) is 11.1 Å². The topological polar surface area (TPSA) is 32.3 Å². The van der Waals surface area contributed by atoms with Crippen molar-refractivity contribution >= 4 is 5.69 Å². The van der Waals surface area contributed by atoms with Crippen LogP contribution >= 0.6 is 0 Å². The van der Waals surface area contributed by atoms with Gasteiger partial charge in [-0.15, -0.1) is 0 Å². The van der Waals surface area contributed by atoms with Gasteiger partial charge in [-0.05, 0) is 29.7 Å². The Hall–Kier alpha value is -2.03. The van der Waals surface area contributed by atoms with Crippen LogP contribution in [0, 0.1) is 5.82 Å². The van der Waals surface area contributed by atoms with Gasteiger partial charge in [0.15, 0.2) is 11.6 Å². The summed E-state index contributed by atoms with van der Waals surface area (Å²) < 4.78 is 13.9. The van der Waals surface area contributed by atoms with Crippen LogP contribution in [0.2, 0.25) is 0 Å². The van der Waals surface area contributed by atoms with E-state index in [0.717, 1.165) is 29.8 Å². The van der Waals surface area contributed by atoms with Gasteiger partial charge in [0.25, 0.3) is 0 Å². The molecule has 0 aromatic heterocycles. The lowest BCUT2D eigenvalue weighted by atomic mass is 9.97. The van der Waals surface area contributed by atoms with E-state index in [1.54, 1.807) is 12.1 Å². The summed E-state index contributed by atoms with van der Waals surface area (Å²) in [5, 5.41) is 12.7. The highest BCUT2D eigenvalue weighted by molar-refractivity contribution is 5.76. The molecule has 3 rings (SSSR count). The quantitative estimate of drug-likeness (QED) is 0.787. The summed E-state index contributed by atoms with van der Waals surface area (Å²) >= 11 is 0. The summed E-state index contributed by atoms with van der Waals surface area (Å²) in [7, 11) is 0. The maximum absolute atomic E-state index is 13.9. The zero-order valence-electron chi connectivity index (χ0n) is 9.20. The second kappa shape index (κ2) is 3.77. The fourth-order valence-electron chi connectivity index (χ4n) is 2.32. The first-order valence-electron chi connectivity index (χ1n) is 5.61. The molecule has 3 heteroatoms. The molecule has 17 heavy (non-hydrogen) atoms. The molecule has 0 aliphatic carbocycles. The van der Waals surface area contributed by atoms with Crippen molar-refractivity contribution in [3.8, 4) is 16.9 Å². The molecule has 1 aliphatic heterocycles. The van der Waals surface area contributed by atoms with Crippen molar-refractivity contribution in [3.05, 3.63) is 47.8 Å². The van der Waals surface area contributed by atoms with E-state index < -0.39 is 5.82 Å². The average molecular weight is 229 g/mol. The van der Waals surface area contributed by atoms with Gasteiger partial charge in [0.05, 0.1) is 0 Å². The van der Waals surface area contributed by atoms with E-state index in [-0.39, 0.29) is 5.75 Å². The largest absolute Gasteiger partial charge is 0.505 e. The zero-order valence-corrected chi connectivity index (χ0v) is 9.20. The van der Waals surface area contributed by atoms with Crippen molar-refractivity contribution in [2.24, 2.45) is 0 Å². The van der Waals surface area contributed by atoms with Gasteiger partial charge in [0, 0.05) is 17.8 Å². The highest BCUT2D eigenvalue weighted by atomic mass is 19.1. The molecular formula is C14H12FNO. The molecular weight excluding hydrogens is 217 g/mol. The number of phenols is 1. The molecule has 0 bridgehead atoms. The van der Waals surface area contributed by atoms with Crippen LogP contribution in [0.15, 0.2) is 36.4 Å². The first-order valence-corrected chi connectivity index (χ1v) is 5.61. The monoisotopic (exact) mass is 229 g/mol. The van der Waals surface area contributed by atoms with Crippen LogP contribution in [0.3, 0.4) is 0 Å². The Morgan fingerprint density at radius 1 is 1.06 bits per heavy atom. The molecule has 0 amide bonds. The molecule has 2 nitrogen and oxygen atoms in total. The normalized spacial score (nSPS) is 13.2. The summed E-state index contributed by atoms with van der Waals surface area (Å²) in [5.41, 5.74) is 3.51. The summed E-state index contributed by atoms with van der Waals surface area (Å²) in [5.74, 6) is -0.848. The van der Waals surface area contributed by atoms with Crippen LogP contribution in [0.5, 0.6) is 5.75 Å². The number of hydrogen-bond donors (Lipinski definition) is 2. The summed E-state index contributed by atoms with van der Waals surface area (Å²) in [6.07, 6.45) is 0.889. The van der Waals surface area contributed by atoms with Gasteiger partial charge in [0.2, 0.25) is 0 Å². The molecule has 1 aliphatic rings.